The van der Waals surface area contributed by atoms with Gasteiger partial charge in [0.2, 0.25) is 5.91 Å². The number of nitrogens with two attached hydrogens (primary N) is 1. The van der Waals surface area contributed by atoms with Gasteiger partial charge in [-0.3, -0.25) is 4.79 Å². The molecule has 1 amide bonds. The minimum absolute atomic E-state index is 0.162. The molecule has 0 fully saturated rings. The van der Waals surface area contributed by atoms with E-state index in [0.717, 1.165) is 6.26 Å². The zero-order chi connectivity index (χ0) is 14.8. The maximum atomic E-state index is 11.9. The molecular formula is C13H20N2O3S. The molecule has 0 radical (unpaired) electrons. The summed E-state index contributed by atoms with van der Waals surface area (Å²) < 4.78 is 22.9. The molecule has 1 aromatic carbocycles. The van der Waals surface area contributed by atoms with E-state index in [2.05, 4.69) is 5.32 Å². The van der Waals surface area contributed by atoms with E-state index in [1.54, 1.807) is 12.1 Å². The minimum Gasteiger partial charge on any atom is -0.325 e. The lowest BCUT2D eigenvalue weighted by molar-refractivity contribution is -0.119. The topological polar surface area (TPSA) is 89.3 Å². The molecule has 0 aliphatic rings. The standard InChI is InChI=1S/C13H20N2O3S/c1-13(2,3)11(14)12(16)15-9-6-5-7-10(8-9)19(4,17)18/h5-8,11H,14H2,1-4H3,(H,15,16)/t11-/m0/s1. The minimum atomic E-state index is -3.29. The number of nitrogens with one attached hydrogen (secondary N) is 1. The lowest BCUT2D eigenvalue weighted by atomic mass is 9.87. The fourth-order valence-electron chi connectivity index (χ4n) is 1.42. The number of rotatable bonds is 3. The highest BCUT2D eigenvalue weighted by atomic mass is 32.2. The highest BCUT2D eigenvalue weighted by Gasteiger charge is 2.27. The molecule has 5 nitrogen and oxygen atoms in total. The summed E-state index contributed by atoms with van der Waals surface area (Å²) in [5.74, 6) is -0.335. The number of hydrogen-bond donors (Lipinski definition) is 2. The Hall–Kier alpha value is -1.40. The Kier molecular flexibility index (Phi) is 4.37. The maximum absolute atomic E-state index is 11.9. The number of sulfone groups is 1. The first-order valence-electron chi connectivity index (χ1n) is 5.88. The summed E-state index contributed by atoms with van der Waals surface area (Å²) in [6.07, 6.45) is 1.12. The molecule has 1 rings (SSSR count). The van der Waals surface area contributed by atoms with Crippen molar-refractivity contribution in [3.63, 3.8) is 0 Å². The first kappa shape index (κ1) is 15.7. The van der Waals surface area contributed by atoms with Gasteiger partial charge in [0.25, 0.3) is 0 Å². The summed E-state index contributed by atoms with van der Waals surface area (Å²) in [6, 6.07) is 5.43. The fraction of sp³-hybridized carbons (Fsp3) is 0.462. The van der Waals surface area contributed by atoms with Gasteiger partial charge in [-0.1, -0.05) is 26.8 Å². The average Bonchev–Trinajstić information content (AvgIpc) is 2.26. The van der Waals surface area contributed by atoms with Crippen molar-refractivity contribution in [2.24, 2.45) is 11.1 Å². The molecular weight excluding hydrogens is 264 g/mol. The van der Waals surface area contributed by atoms with E-state index in [0.29, 0.717) is 5.69 Å². The first-order valence-corrected chi connectivity index (χ1v) is 7.77. The largest absolute Gasteiger partial charge is 0.325 e. The zero-order valence-electron chi connectivity index (χ0n) is 11.6. The summed E-state index contributed by atoms with van der Waals surface area (Å²) >= 11 is 0. The first-order chi connectivity index (χ1) is 8.51. The van der Waals surface area contributed by atoms with E-state index < -0.39 is 15.9 Å². The molecule has 19 heavy (non-hydrogen) atoms. The van der Waals surface area contributed by atoms with Crippen LogP contribution in [0.4, 0.5) is 5.69 Å². The van der Waals surface area contributed by atoms with Crippen molar-refractivity contribution in [3.8, 4) is 0 Å². The molecule has 0 unspecified atom stereocenters. The van der Waals surface area contributed by atoms with Crippen molar-refractivity contribution < 1.29 is 13.2 Å². The quantitative estimate of drug-likeness (QED) is 0.878. The van der Waals surface area contributed by atoms with Crippen molar-refractivity contribution in [2.75, 3.05) is 11.6 Å². The van der Waals surface area contributed by atoms with Gasteiger partial charge in [-0.2, -0.15) is 0 Å². The molecule has 0 saturated heterocycles. The molecule has 1 aromatic rings. The molecule has 3 N–H and O–H groups in total. The summed E-state index contributed by atoms with van der Waals surface area (Å²) in [6.45, 7) is 5.60. The van der Waals surface area contributed by atoms with Gasteiger partial charge in [0.1, 0.15) is 0 Å². The molecule has 0 saturated carbocycles. The number of benzene rings is 1. The average molecular weight is 284 g/mol. The van der Waals surface area contributed by atoms with Crippen LogP contribution in [0, 0.1) is 5.41 Å². The Bertz CT molecular complexity index is 574. The van der Waals surface area contributed by atoms with Crippen molar-refractivity contribution in [1.82, 2.24) is 0 Å². The lowest BCUT2D eigenvalue weighted by Crippen LogP contribution is -2.45. The molecule has 106 valence electrons. The summed E-state index contributed by atoms with van der Waals surface area (Å²) in [5.41, 5.74) is 5.90. The van der Waals surface area contributed by atoms with Crippen LogP contribution in [0.2, 0.25) is 0 Å². The van der Waals surface area contributed by atoms with Crippen molar-refractivity contribution in [2.45, 2.75) is 31.7 Å². The smallest absolute Gasteiger partial charge is 0.241 e. The SMILES string of the molecule is CC(C)(C)[C@@H](N)C(=O)Nc1cccc(S(C)(=O)=O)c1. The predicted molar refractivity (Wildman–Crippen MR) is 75.6 cm³/mol. The number of carbonyl (C=O) groups excluding carboxylic acids is 1. The third kappa shape index (κ3) is 4.33. The Morgan fingerprint density at radius 1 is 1.32 bits per heavy atom. The Morgan fingerprint density at radius 3 is 2.37 bits per heavy atom. The van der Waals surface area contributed by atoms with Gasteiger partial charge in [-0.15, -0.1) is 0 Å². The van der Waals surface area contributed by atoms with Crippen LogP contribution < -0.4 is 11.1 Å². The fourth-order valence-corrected chi connectivity index (χ4v) is 2.08. The van der Waals surface area contributed by atoms with Crippen LogP contribution in [-0.2, 0) is 14.6 Å². The Balaban J connectivity index is 2.93. The molecule has 0 aliphatic carbocycles. The Morgan fingerprint density at radius 2 is 1.89 bits per heavy atom. The summed E-state index contributed by atoms with van der Waals surface area (Å²) in [4.78, 5) is 12.1. The van der Waals surface area contributed by atoms with Crippen molar-refractivity contribution in [1.29, 1.82) is 0 Å². The van der Waals surface area contributed by atoms with Gasteiger partial charge in [-0.05, 0) is 23.6 Å². The van der Waals surface area contributed by atoms with Crippen LogP contribution in [0.1, 0.15) is 20.8 Å². The van der Waals surface area contributed by atoms with Crippen LogP contribution in [0.5, 0.6) is 0 Å². The van der Waals surface area contributed by atoms with Gasteiger partial charge in [0, 0.05) is 11.9 Å². The van der Waals surface area contributed by atoms with E-state index in [1.807, 2.05) is 20.8 Å². The molecule has 0 heterocycles. The maximum Gasteiger partial charge on any atom is 0.241 e. The van der Waals surface area contributed by atoms with Gasteiger partial charge >= 0.3 is 0 Å². The normalized spacial score (nSPS) is 13.9. The second kappa shape index (κ2) is 5.30. The summed E-state index contributed by atoms with van der Waals surface area (Å²) in [7, 11) is -3.29. The van der Waals surface area contributed by atoms with Gasteiger partial charge in [0.05, 0.1) is 10.9 Å². The monoisotopic (exact) mass is 284 g/mol. The highest BCUT2D eigenvalue weighted by molar-refractivity contribution is 7.90. The van der Waals surface area contributed by atoms with Crippen molar-refractivity contribution in [3.05, 3.63) is 24.3 Å². The highest BCUT2D eigenvalue weighted by Crippen LogP contribution is 2.20. The predicted octanol–water partition coefficient (Wildman–Crippen LogP) is 1.40. The molecule has 0 aromatic heterocycles. The van der Waals surface area contributed by atoms with Gasteiger partial charge in [0.15, 0.2) is 9.84 Å². The van der Waals surface area contributed by atoms with E-state index in [4.69, 9.17) is 5.73 Å². The second-order valence-electron chi connectivity index (χ2n) is 5.63. The molecule has 0 bridgehead atoms. The van der Waals surface area contributed by atoms with E-state index in [1.165, 1.54) is 12.1 Å². The third-order valence-electron chi connectivity index (χ3n) is 2.75. The number of hydrogen-bond acceptors (Lipinski definition) is 4. The molecule has 0 spiro atoms. The zero-order valence-corrected chi connectivity index (χ0v) is 12.4. The molecule has 1 atom stereocenters. The molecule has 6 heteroatoms. The van der Waals surface area contributed by atoms with Gasteiger partial charge < -0.3 is 11.1 Å². The third-order valence-corrected chi connectivity index (χ3v) is 3.86. The van der Waals surface area contributed by atoms with E-state index in [-0.39, 0.29) is 16.2 Å². The van der Waals surface area contributed by atoms with Crippen LogP contribution in [0.15, 0.2) is 29.2 Å². The van der Waals surface area contributed by atoms with Crippen LogP contribution in [0.3, 0.4) is 0 Å². The van der Waals surface area contributed by atoms with Gasteiger partial charge in [-0.25, -0.2) is 8.42 Å². The number of carbonyl (C=O) groups is 1. The summed E-state index contributed by atoms with van der Waals surface area (Å²) in [5, 5.41) is 2.63. The lowest BCUT2D eigenvalue weighted by Gasteiger charge is -2.25. The van der Waals surface area contributed by atoms with Crippen LogP contribution in [-0.4, -0.2) is 26.6 Å². The molecule has 0 aliphatic heterocycles. The van der Waals surface area contributed by atoms with Crippen LogP contribution in [0.25, 0.3) is 0 Å². The van der Waals surface area contributed by atoms with E-state index in [9.17, 15) is 13.2 Å². The van der Waals surface area contributed by atoms with E-state index >= 15 is 0 Å². The second-order valence-corrected chi connectivity index (χ2v) is 7.65. The Labute approximate surface area is 114 Å². The van der Waals surface area contributed by atoms with Crippen LogP contribution >= 0.6 is 0 Å². The number of anilines is 1. The number of amides is 1. The van der Waals surface area contributed by atoms with Crippen molar-refractivity contribution >= 4 is 21.4 Å².